The first-order chi connectivity index (χ1) is 15.1. The quantitative estimate of drug-likeness (QED) is 0.711. The first-order valence-electron chi connectivity index (χ1n) is 10.6. The average molecular weight is 423 g/mol. The fourth-order valence-corrected chi connectivity index (χ4v) is 4.12. The van der Waals surface area contributed by atoms with Gasteiger partial charge < -0.3 is 24.6 Å². The van der Waals surface area contributed by atoms with Crippen molar-refractivity contribution in [3.63, 3.8) is 0 Å². The third-order valence-corrected chi connectivity index (χ3v) is 5.96. The molecule has 1 unspecified atom stereocenters. The van der Waals surface area contributed by atoms with Crippen LogP contribution in [0.1, 0.15) is 19.8 Å². The van der Waals surface area contributed by atoms with Gasteiger partial charge in [0, 0.05) is 44.1 Å². The Balaban J connectivity index is 1.40. The van der Waals surface area contributed by atoms with Crippen LogP contribution in [0.25, 0.3) is 0 Å². The first-order valence-corrected chi connectivity index (χ1v) is 10.6. The molecule has 2 aromatic heterocycles. The van der Waals surface area contributed by atoms with Gasteiger partial charge in [-0.3, -0.25) is 0 Å². The van der Waals surface area contributed by atoms with Gasteiger partial charge in [-0.2, -0.15) is 4.98 Å². The van der Waals surface area contributed by atoms with Crippen molar-refractivity contribution in [2.75, 3.05) is 49.0 Å². The summed E-state index contributed by atoms with van der Waals surface area (Å²) >= 11 is 0. The molecule has 8 heteroatoms. The van der Waals surface area contributed by atoms with Gasteiger partial charge >= 0.3 is 0 Å². The van der Waals surface area contributed by atoms with Gasteiger partial charge in [0.2, 0.25) is 11.8 Å². The summed E-state index contributed by atoms with van der Waals surface area (Å²) in [6.45, 7) is 8.36. The van der Waals surface area contributed by atoms with E-state index in [2.05, 4.69) is 38.6 Å². The van der Waals surface area contributed by atoms with Crippen molar-refractivity contribution in [3.8, 4) is 11.6 Å². The maximum absolute atomic E-state index is 5.91. The largest absolute Gasteiger partial charge is 0.486 e. The van der Waals surface area contributed by atoms with Crippen molar-refractivity contribution in [2.24, 2.45) is 0 Å². The summed E-state index contributed by atoms with van der Waals surface area (Å²) in [5, 5.41) is 3.52. The molecular weight excluding hydrogens is 392 g/mol. The minimum atomic E-state index is 0.133. The van der Waals surface area contributed by atoms with E-state index in [0.717, 1.165) is 43.2 Å². The molecule has 4 heterocycles. The van der Waals surface area contributed by atoms with Crippen molar-refractivity contribution >= 4 is 17.5 Å². The number of likely N-dealkylation sites (N-methyl/N-ethyl adjacent to an activating group) is 1. The van der Waals surface area contributed by atoms with E-state index in [9.17, 15) is 0 Å². The van der Waals surface area contributed by atoms with Crippen LogP contribution in [0.3, 0.4) is 0 Å². The highest BCUT2D eigenvalue weighted by Gasteiger charge is 2.28. The lowest BCUT2D eigenvalue weighted by Gasteiger charge is -2.36. The topological polar surface area (TPSA) is 75.6 Å². The number of methoxy groups -OCH3 is 1. The number of hydrogen-bond donors (Lipinski definition) is 1. The van der Waals surface area contributed by atoms with Crippen LogP contribution < -0.4 is 24.6 Å². The predicted octanol–water partition coefficient (Wildman–Crippen LogP) is 3.29. The fourth-order valence-electron chi connectivity index (χ4n) is 4.12. The number of rotatable bonds is 6. The SMILES string of the molecule is C=C/C=C(\C)C1COc2cnc(NC3CCN(c4ccnc(OC)c4)CC3)nc2N1C. The van der Waals surface area contributed by atoms with Crippen LogP contribution in [0.2, 0.25) is 0 Å². The Hall–Kier alpha value is -3.29. The molecule has 0 aromatic carbocycles. The molecule has 0 radical (unpaired) electrons. The number of nitrogens with zero attached hydrogens (tertiary/aromatic N) is 5. The van der Waals surface area contributed by atoms with Gasteiger partial charge in [-0.15, -0.1) is 0 Å². The van der Waals surface area contributed by atoms with Gasteiger partial charge in [0.1, 0.15) is 6.61 Å². The second-order valence-electron chi connectivity index (χ2n) is 7.93. The molecule has 0 bridgehead atoms. The van der Waals surface area contributed by atoms with E-state index >= 15 is 0 Å². The van der Waals surface area contributed by atoms with Crippen LogP contribution in [0, 0.1) is 0 Å². The molecular formula is C23H30N6O2. The molecule has 0 aliphatic carbocycles. The number of allylic oxidation sites excluding steroid dienone is 2. The van der Waals surface area contributed by atoms with Gasteiger partial charge in [-0.25, -0.2) is 9.97 Å². The summed E-state index contributed by atoms with van der Waals surface area (Å²) in [6, 6.07) is 4.47. The number of nitrogens with one attached hydrogen (secondary N) is 1. The van der Waals surface area contributed by atoms with E-state index in [0.29, 0.717) is 24.5 Å². The number of hydrogen-bond acceptors (Lipinski definition) is 8. The lowest BCUT2D eigenvalue weighted by Crippen LogP contribution is -2.42. The van der Waals surface area contributed by atoms with Crippen molar-refractivity contribution in [1.82, 2.24) is 15.0 Å². The highest BCUT2D eigenvalue weighted by atomic mass is 16.5. The molecule has 31 heavy (non-hydrogen) atoms. The minimum Gasteiger partial charge on any atom is -0.486 e. The van der Waals surface area contributed by atoms with E-state index in [-0.39, 0.29) is 6.04 Å². The molecule has 2 aromatic rings. The zero-order valence-electron chi connectivity index (χ0n) is 18.4. The summed E-state index contributed by atoms with van der Waals surface area (Å²) in [6.07, 6.45) is 9.38. The van der Waals surface area contributed by atoms with Crippen LogP contribution in [-0.2, 0) is 0 Å². The molecule has 1 fully saturated rings. The maximum atomic E-state index is 5.91. The summed E-state index contributed by atoms with van der Waals surface area (Å²) in [7, 11) is 3.69. The van der Waals surface area contributed by atoms with E-state index in [1.165, 1.54) is 5.57 Å². The van der Waals surface area contributed by atoms with Gasteiger partial charge in [-0.1, -0.05) is 18.7 Å². The Kier molecular flexibility index (Phi) is 6.25. The number of fused-ring (bicyclic) bond motifs is 1. The van der Waals surface area contributed by atoms with Crippen LogP contribution >= 0.6 is 0 Å². The number of anilines is 3. The zero-order chi connectivity index (χ0) is 21.8. The highest BCUT2D eigenvalue weighted by molar-refractivity contribution is 5.57. The molecule has 0 saturated carbocycles. The third-order valence-electron chi connectivity index (χ3n) is 5.96. The lowest BCUT2D eigenvalue weighted by atomic mass is 10.0. The van der Waals surface area contributed by atoms with E-state index in [1.54, 1.807) is 25.6 Å². The van der Waals surface area contributed by atoms with Gasteiger partial charge in [0.25, 0.3) is 0 Å². The fraction of sp³-hybridized carbons (Fsp3) is 0.435. The first kappa shape index (κ1) is 21.0. The molecule has 1 atom stereocenters. The minimum absolute atomic E-state index is 0.133. The summed E-state index contributed by atoms with van der Waals surface area (Å²) in [4.78, 5) is 18.0. The van der Waals surface area contributed by atoms with Crippen molar-refractivity contribution in [1.29, 1.82) is 0 Å². The number of pyridine rings is 1. The highest BCUT2D eigenvalue weighted by Crippen LogP contribution is 2.33. The maximum Gasteiger partial charge on any atom is 0.225 e. The number of ether oxygens (including phenoxy) is 2. The standard InChI is InChI=1S/C23H30N6O2/c1-5-6-16(2)19-15-31-20-14-25-23(27-22(20)28(19)3)26-17-8-11-29(12-9-17)18-7-10-24-21(13-18)30-4/h5-7,10,13-14,17,19H,1,8-9,11-12,15H2,2-4H3,(H,25,26,27)/b16-6+. The molecule has 164 valence electrons. The second-order valence-corrected chi connectivity index (χ2v) is 7.93. The van der Waals surface area contributed by atoms with Gasteiger partial charge in [-0.05, 0) is 31.4 Å². The Morgan fingerprint density at radius 2 is 2.13 bits per heavy atom. The van der Waals surface area contributed by atoms with E-state index < -0.39 is 0 Å². The Morgan fingerprint density at radius 3 is 2.87 bits per heavy atom. The molecule has 1 saturated heterocycles. The summed E-state index contributed by atoms with van der Waals surface area (Å²) in [5.41, 5.74) is 2.33. The number of aromatic nitrogens is 3. The monoisotopic (exact) mass is 422 g/mol. The van der Waals surface area contributed by atoms with Crippen molar-refractivity contribution in [2.45, 2.75) is 31.8 Å². The van der Waals surface area contributed by atoms with E-state index in [1.807, 2.05) is 25.3 Å². The van der Waals surface area contributed by atoms with Crippen LogP contribution in [0.15, 0.2) is 48.8 Å². The Bertz CT molecular complexity index is 955. The van der Waals surface area contributed by atoms with Crippen molar-refractivity contribution in [3.05, 3.63) is 48.8 Å². The Labute approximate surface area is 183 Å². The van der Waals surface area contributed by atoms with E-state index in [4.69, 9.17) is 14.5 Å². The molecule has 1 N–H and O–H groups in total. The second kappa shape index (κ2) is 9.24. The third kappa shape index (κ3) is 4.57. The predicted molar refractivity (Wildman–Crippen MR) is 123 cm³/mol. The van der Waals surface area contributed by atoms with Crippen LogP contribution in [-0.4, -0.2) is 60.9 Å². The number of piperidine rings is 1. The van der Waals surface area contributed by atoms with Crippen LogP contribution in [0.4, 0.5) is 17.5 Å². The Morgan fingerprint density at radius 1 is 1.32 bits per heavy atom. The lowest BCUT2D eigenvalue weighted by molar-refractivity contribution is 0.277. The molecule has 2 aliphatic heterocycles. The molecule has 0 amide bonds. The summed E-state index contributed by atoms with van der Waals surface area (Å²) < 4.78 is 11.2. The van der Waals surface area contributed by atoms with Crippen LogP contribution in [0.5, 0.6) is 11.6 Å². The molecule has 8 nitrogen and oxygen atoms in total. The van der Waals surface area contributed by atoms with Crippen molar-refractivity contribution < 1.29 is 9.47 Å². The average Bonchev–Trinajstić information content (AvgIpc) is 2.80. The molecule has 2 aliphatic rings. The normalized spacial score (nSPS) is 19.5. The molecule has 4 rings (SSSR count). The summed E-state index contributed by atoms with van der Waals surface area (Å²) in [5.74, 6) is 2.82. The van der Waals surface area contributed by atoms with Gasteiger partial charge in [0.15, 0.2) is 11.6 Å². The smallest absolute Gasteiger partial charge is 0.225 e. The van der Waals surface area contributed by atoms with Gasteiger partial charge in [0.05, 0.1) is 19.3 Å². The molecule has 0 spiro atoms. The zero-order valence-corrected chi connectivity index (χ0v) is 18.4.